The van der Waals surface area contributed by atoms with Gasteiger partial charge in [-0.2, -0.15) is 0 Å². The normalized spacial score (nSPS) is 8.33. The first kappa shape index (κ1) is 31.7. The molecule has 6 heteroatoms. The van der Waals surface area contributed by atoms with Crippen LogP contribution in [-0.2, 0) is 18.6 Å². The molecule has 0 bridgehead atoms. The van der Waals surface area contributed by atoms with Gasteiger partial charge in [-0.25, -0.2) is 0 Å². The van der Waals surface area contributed by atoms with E-state index in [0.717, 1.165) is 0 Å². The van der Waals surface area contributed by atoms with Gasteiger partial charge in [0.25, 0.3) is 0 Å². The fourth-order valence-electron chi connectivity index (χ4n) is 2.14. The van der Waals surface area contributed by atoms with E-state index >= 15 is 0 Å². The smallest absolute Gasteiger partial charge is 0.115 e. The first-order chi connectivity index (χ1) is 17.0. The summed E-state index contributed by atoms with van der Waals surface area (Å²) in [6, 6.07) is 43.6. The quantitative estimate of drug-likeness (QED) is 0.152. The fraction of sp³-hybridized carbons (Fsp3) is 0. The van der Waals surface area contributed by atoms with Crippen LogP contribution < -0.4 is 0 Å². The molecule has 0 saturated carbocycles. The molecule has 0 amide bonds. The summed E-state index contributed by atoms with van der Waals surface area (Å²) in [7, 11) is 0. The van der Waals surface area contributed by atoms with Gasteiger partial charge >= 0.3 is 0 Å². The van der Waals surface area contributed by atoms with Crippen molar-refractivity contribution in [2.24, 2.45) is 0 Å². The van der Waals surface area contributed by atoms with Crippen LogP contribution in [0.1, 0.15) is 0 Å². The number of aromatic hydroxyl groups is 5. The molecule has 5 aromatic carbocycles. The number of hydrogen-bond acceptors (Lipinski definition) is 5. The molecule has 5 rings (SSSR count). The van der Waals surface area contributed by atoms with E-state index in [2.05, 4.69) is 0 Å². The van der Waals surface area contributed by atoms with Crippen LogP contribution in [0.5, 0.6) is 28.7 Å². The van der Waals surface area contributed by atoms with Crippen LogP contribution in [0.3, 0.4) is 0 Å². The number of benzene rings is 5. The van der Waals surface area contributed by atoms with Gasteiger partial charge in [-0.15, -0.1) is 0 Å². The van der Waals surface area contributed by atoms with Crippen LogP contribution in [0, 0.1) is 0 Å². The van der Waals surface area contributed by atoms with Gasteiger partial charge in [0.15, 0.2) is 0 Å². The molecule has 1 radical (unpaired) electrons. The van der Waals surface area contributed by atoms with Crippen LogP contribution in [0.2, 0.25) is 0 Å². The van der Waals surface area contributed by atoms with Crippen LogP contribution in [0.25, 0.3) is 0 Å². The van der Waals surface area contributed by atoms with Gasteiger partial charge in [-0.3, -0.25) is 0 Å². The average molecular weight is 522 g/mol. The van der Waals surface area contributed by atoms with Crippen LogP contribution in [0.15, 0.2) is 152 Å². The van der Waals surface area contributed by atoms with Gasteiger partial charge in [0.05, 0.1) is 0 Å². The van der Waals surface area contributed by atoms with Crippen molar-refractivity contribution in [2.45, 2.75) is 0 Å². The molecule has 0 unspecified atom stereocenters. The third-order valence-electron chi connectivity index (χ3n) is 3.78. The van der Waals surface area contributed by atoms with Crippen molar-refractivity contribution in [1.82, 2.24) is 0 Å². The van der Waals surface area contributed by atoms with E-state index in [4.69, 9.17) is 25.5 Å². The Labute approximate surface area is 224 Å². The topological polar surface area (TPSA) is 101 Å². The molecule has 0 heterocycles. The summed E-state index contributed by atoms with van der Waals surface area (Å²) in [6.45, 7) is 0. The van der Waals surface area contributed by atoms with E-state index < -0.39 is 0 Å². The largest absolute Gasteiger partial charge is 0.508 e. The predicted molar refractivity (Wildman–Crippen MR) is 141 cm³/mol. The predicted octanol–water partition coefficient (Wildman–Crippen LogP) is 6.96. The molecule has 185 valence electrons. The molecule has 5 N–H and O–H groups in total. The van der Waals surface area contributed by atoms with Gasteiger partial charge in [-0.1, -0.05) is 91.0 Å². The molecule has 0 fully saturated rings. The zero-order chi connectivity index (χ0) is 25.6. The summed E-state index contributed by atoms with van der Waals surface area (Å²) in [6.07, 6.45) is 0. The molecule has 0 aliphatic carbocycles. The number of rotatable bonds is 0. The number of phenolic OH excluding ortho intramolecular Hbond substituents is 5. The van der Waals surface area contributed by atoms with E-state index in [1.54, 1.807) is 121 Å². The Morgan fingerprint density at radius 2 is 0.333 bits per heavy atom. The van der Waals surface area contributed by atoms with Gasteiger partial charge in [-0.05, 0) is 60.7 Å². The molecule has 0 aliphatic heterocycles. The average Bonchev–Trinajstić information content (AvgIpc) is 2.88. The Morgan fingerprint density at radius 1 is 0.222 bits per heavy atom. The van der Waals surface area contributed by atoms with E-state index in [1.807, 2.05) is 30.3 Å². The number of para-hydroxylation sites is 5. The van der Waals surface area contributed by atoms with Crippen molar-refractivity contribution in [1.29, 1.82) is 0 Å². The summed E-state index contributed by atoms with van der Waals surface area (Å²) < 4.78 is 0. The standard InChI is InChI=1S/5C6H6O.V/c5*7-6-4-2-1-3-5-6;/h5*1-5,7H;. The number of hydrogen-bond donors (Lipinski definition) is 5. The van der Waals surface area contributed by atoms with Crippen LogP contribution in [0.4, 0.5) is 0 Å². The van der Waals surface area contributed by atoms with Gasteiger partial charge < -0.3 is 25.5 Å². The third-order valence-corrected chi connectivity index (χ3v) is 3.78. The van der Waals surface area contributed by atoms with Gasteiger partial charge in [0, 0.05) is 18.6 Å². The molecule has 36 heavy (non-hydrogen) atoms. The van der Waals surface area contributed by atoms with Crippen molar-refractivity contribution < 1.29 is 44.1 Å². The van der Waals surface area contributed by atoms with E-state index in [0.29, 0.717) is 28.7 Å². The molecule has 0 spiro atoms. The minimum atomic E-state index is 0. The van der Waals surface area contributed by atoms with Crippen molar-refractivity contribution in [2.75, 3.05) is 0 Å². The van der Waals surface area contributed by atoms with Crippen molar-refractivity contribution in [3.8, 4) is 28.7 Å². The molecular formula is C30H30O5V. The van der Waals surface area contributed by atoms with E-state index in [9.17, 15) is 0 Å². The minimum absolute atomic E-state index is 0. The summed E-state index contributed by atoms with van der Waals surface area (Å²) in [5.74, 6) is 1.61. The Morgan fingerprint density at radius 3 is 0.389 bits per heavy atom. The summed E-state index contributed by atoms with van der Waals surface area (Å²) in [5, 5.41) is 43.2. The second-order valence-electron chi connectivity index (χ2n) is 6.68. The second-order valence-corrected chi connectivity index (χ2v) is 6.68. The molecule has 5 nitrogen and oxygen atoms in total. The molecule has 0 aliphatic rings. The molecule has 0 atom stereocenters. The zero-order valence-corrected chi connectivity index (χ0v) is 21.0. The van der Waals surface area contributed by atoms with E-state index in [-0.39, 0.29) is 18.6 Å². The SMILES string of the molecule is Oc1ccccc1.Oc1ccccc1.Oc1ccccc1.Oc1ccccc1.Oc1ccccc1.[V]. The third kappa shape index (κ3) is 19.2. The molecular weight excluding hydrogens is 491 g/mol. The van der Waals surface area contributed by atoms with Gasteiger partial charge in [0.2, 0.25) is 0 Å². The molecule has 5 aromatic rings. The maximum absolute atomic E-state index is 8.63. The first-order valence-corrected chi connectivity index (χ1v) is 10.7. The number of phenols is 5. The summed E-state index contributed by atoms with van der Waals surface area (Å²) in [5.41, 5.74) is 0. The zero-order valence-electron chi connectivity index (χ0n) is 19.6. The van der Waals surface area contributed by atoms with Crippen LogP contribution >= 0.6 is 0 Å². The fourth-order valence-corrected chi connectivity index (χ4v) is 2.14. The van der Waals surface area contributed by atoms with Crippen molar-refractivity contribution in [3.05, 3.63) is 152 Å². The molecule has 0 saturated heterocycles. The maximum atomic E-state index is 8.63. The Balaban J connectivity index is 0.000000422. The van der Waals surface area contributed by atoms with E-state index in [1.165, 1.54) is 0 Å². The van der Waals surface area contributed by atoms with Crippen molar-refractivity contribution >= 4 is 0 Å². The Hall–Kier alpha value is -4.32. The summed E-state index contributed by atoms with van der Waals surface area (Å²) >= 11 is 0. The monoisotopic (exact) mass is 521 g/mol. The van der Waals surface area contributed by atoms with Crippen molar-refractivity contribution in [3.63, 3.8) is 0 Å². The van der Waals surface area contributed by atoms with Crippen LogP contribution in [-0.4, -0.2) is 25.5 Å². The molecule has 0 aromatic heterocycles. The van der Waals surface area contributed by atoms with Gasteiger partial charge in [0.1, 0.15) is 28.7 Å². The minimum Gasteiger partial charge on any atom is -0.508 e. The first-order valence-electron chi connectivity index (χ1n) is 10.7. The Kier molecular flexibility index (Phi) is 18.7. The second kappa shape index (κ2) is 21.2. The maximum Gasteiger partial charge on any atom is 0.115 e. The summed E-state index contributed by atoms with van der Waals surface area (Å²) in [4.78, 5) is 0. The Bertz CT molecular complexity index is 895.